The fourth-order valence-electron chi connectivity index (χ4n) is 2.68. The Morgan fingerprint density at radius 2 is 1.80 bits per heavy atom. The highest BCUT2D eigenvalue weighted by Gasteiger charge is 2.23. The maximum absolute atomic E-state index is 12.5. The summed E-state index contributed by atoms with van der Waals surface area (Å²) >= 11 is 12.5. The Morgan fingerprint density at radius 1 is 1.13 bits per heavy atom. The second kappa shape index (κ2) is 8.77. The largest absolute Gasteiger partial charge is 0.457 e. The molecule has 0 aliphatic heterocycles. The molecule has 0 bridgehead atoms. The van der Waals surface area contributed by atoms with Gasteiger partial charge in [-0.3, -0.25) is 0 Å². The first-order chi connectivity index (χ1) is 14.1. The van der Waals surface area contributed by atoms with Crippen molar-refractivity contribution in [2.75, 3.05) is 14.1 Å². The molecule has 3 aromatic rings. The molecule has 0 spiro atoms. The van der Waals surface area contributed by atoms with Gasteiger partial charge in [-0.25, -0.2) is 22.2 Å². The van der Waals surface area contributed by atoms with Crippen LogP contribution in [0.15, 0.2) is 53.4 Å². The average molecular weight is 468 g/mol. The minimum Gasteiger partial charge on any atom is -0.457 e. The lowest BCUT2D eigenvalue weighted by Crippen LogP contribution is -2.23. The van der Waals surface area contributed by atoms with Crippen molar-refractivity contribution in [1.82, 2.24) is 14.1 Å². The molecule has 0 saturated carbocycles. The van der Waals surface area contributed by atoms with Crippen LogP contribution in [0, 0.1) is 6.92 Å². The number of benzene rings is 2. The first-order valence-corrected chi connectivity index (χ1v) is 11.0. The maximum Gasteiger partial charge on any atom is 0.338 e. The van der Waals surface area contributed by atoms with Crippen molar-refractivity contribution in [2.45, 2.75) is 18.4 Å². The highest BCUT2D eigenvalue weighted by atomic mass is 35.5. The Kier molecular flexibility index (Phi) is 6.52. The molecule has 2 aromatic carbocycles. The Morgan fingerprint density at radius 3 is 2.43 bits per heavy atom. The zero-order chi connectivity index (χ0) is 22.1. The molecule has 10 heteroatoms. The van der Waals surface area contributed by atoms with E-state index >= 15 is 0 Å². The van der Waals surface area contributed by atoms with E-state index in [9.17, 15) is 13.2 Å². The van der Waals surface area contributed by atoms with Crippen molar-refractivity contribution >= 4 is 39.2 Å². The number of para-hydroxylation sites is 1. The van der Waals surface area contributed by atoms with E-state index in [2.05, 4.69) is 5.10 Å². The van der Waals surface area contributed by atoms with Crippen LogP contribution in [0.25, 0.3) is 5.69 Å². The number of aryl methyl sites for hydroxylation is 1. The van der Waals surface area contributed by atoms with Gasteiger partial charge in [0.05, 0.1) is 22.0 Å². The van der Waals surface area contributed by atoms with Gasteiger partial charge in [0.2, 0.25) is 10.0 Å². The molecule has 7 nitrogen and oxygen atoms in total. The number of esters is 1. The van der Waals surface area contributed by atoms with Gasteiger partial charge in [0.25, 0.3) is 0 Å². The number of nitrogens with zero attached hydrogens (tertiary/aromatic N) is 3. The molecule has 0 amide bonds. The number of rotatable bonds is 6. The standard InChI is InChI=1S/C20H19Cl2N3O4S/c1-13-16(19(22)25(23-13)15-7-5-4-6-8-15)12-29-20(26)14-9-10-17(21)18(11-14)30(27,28)24(2)3/h4-11H,12H2,1-3H3. The van der Waals surface area contributed by atoms with E-state index in [0.29, 0.717) is 16.4 Å². The normalized spacial score (nSPS) is 11.7. The van der Waals surface area contributed by atoms with Crippen LogP contribution in [0.2, 0.25) is 10.2 Å². The monoisotopic (exact) mass is 467 g/mol. The van der Waals surface area contributed by atoms with Crippen LogP contribution in [0.1, 0.15) is 21.6 Å². The summed E-state index contributed by atoms with van der Waals surface area (Å²) in [6.07, 6.45) is 0. The molecule has 0 atom stereocenters. The lowest BCUT2D eigenvalue weighted by atomic mass is 10.2. The third-order valence-electron chi connectivity index (χ3n) is 4.40. The minimum atomic E-state index is -3.81. The fourth-order valence-corrected chi connectivity index (χ4v) is 4.40. The molecule has 3 rings (SSSR count). The number of aromatic nitrogens is 2. The minimum absolute atomic E-state index is 0.0169. The Hall–Kier alpha value is -2.39. The lowest BCUT2D eigenvalue weighted by Gasteiger charge is -2.13. The topological polar surface area (TPSA) is 81.5 Å². The average Bonchev–Trinajstić information content (AvgIpc) is 3.00. The Bertz CT molecular complexity index is 1190. The van der Waals surface area contributed by atoms with Gasteiger partial charge in [0, 0.05) is 19.7 Å². The molecular weight excluding hydrogens is 449 g/mol. The molecule has 0 radical (unpaired) electrons. The number of hydrogen-bond donors (Lipinski definition) is 0. The van der Waals surface area contributed by atoms with Gasteiger partial charge in [-0.1, -0.05) is 41.4 Å². The summed E-state index contributed by atoms with van der Waals surface area (Å²) in [6.45, 7) is 1.65. The van der Waals surface area contributed by atoms with Crippen molar-refractivity contribution in [3.05, 3.63) is 75.5 Å². The third kappa shape index (κ3) is 4.37. The predicted molar refractivity (Wildman–Crippen MR) is 115 cm³/mol. The van der Waals surface area contributed by atoms with Gasteiger partial charge in [-0.2, -0.15) is 5.10 Å². The van der Waals surface area contributed by atoms with E-state index in [1.165, 1.54) is 32.3 Å². The summed E-state index contributed by atoms with van der Waals surface area (Å²) in [5, 5.41) is 4.75. The van der Waals surface area contributed by atoms with Crippen LogP contribution >= 0.6 is 23.2 Å². The van der Waals surface area contributed by atoms with Gasteiger partial charge < -0.3 is 4.74 Å². The second-order valence-corrected chi connectivity index (χ2v) is 9.50. The summed E-state index contributed by atoms with van der Waals surface area (Å²) in [7, 11) is -1.05. The van der Waals surface area contributed by atoms with Crippen LogP contribution < -0.4 is 0 Å². The fraction of sp³-hybridized carbons (Fsp3) is 0.200. The molecule has 0 aliphatic carbocycles. The SMILES string of the molecule is Cc1nn(-c2ccccc2)c(Cl)c1COC(=O)c1ccc(Cl)c(S(=O)(=O)N(C)C)c1. The molecule has 0 aliphatic rings. The molecule has 0 fully saturated rings. The summed E-state index contributed by atoms with van der Waals surface area (Å²) in [5.41, 5.74) is 2.01. The Balaban J connectivity index is 1.83. The molecule has 30 heavy (non-hydrogen) atoms. The van der Waals surface area contributed by atoms with Crippen LogP contribution in [0.4, 0.5) is 0 Å². The molecule has 0 saturated heterocycles. The quantitative estimate of drug-likeness (QED) is 0.509. The first-order valence-electron chi connectivity index (χ1n) is 8.81. The zero-order valence-electron chi connectivity index (χ0n) is 16.5. The molecule has 1 heterocycles. The molecule has 0 unspecified atom stereocenters. The van der Waals surface area contributed by atoms with E-state index in [1.54, 1.807) is 11.6 Å². The third-order valence-corrected chi connectivity index (χ3v) is 7.08. The predicted octanol–water partition coefficient (Wildman–Crippen LogP) is 4.09. The number of carbonyl (C=O) groups excluding carboxylic acids is 1. The number of halogens is 2. The van der Waals surface area contributed by atoms with Crippen molar-refractivity contribution in [1.29, 1.82) is 0 Å². The van der Waals surface area contributed by atoms with Crippen molar-refractivity contribution in [2.24, 2.45) is 0 Å². The summed E-state index contributed by atoms with van der Waals surface area (Å²) in [5.74, 6) is -0.704. The lowest BCUT2D eigenvalue weighted by molar-refractivity contribution is 0.0472. The van der Waals surface area contributed by atoms with Crippen LogP contribution in [-0.4, -0.2) is 42.6 Å². The summed E-state index contributed by atoms with van der Waals surface area (Å²) in [6, 6.07) is 13.3. The number of ether oxygens (including phenoxy) is 1. The van der Waals surface area contributed by atoms with Crippen molar-refractivity contribution < 1.29 is 17.9 Å². The van der Waals surface area contributed by atoms with Gasteiger partial charge >= 0.3 is 5.97 Å². The van der Waals surface area contributed by atoms with E-state index in [1.807, 2.05) is 30.3 Å². The summed E-state index contributed by atoms with van der Waals surface area (Å²) in [4.78, 5) is 12.4. The molecule has 158 valence electrons. The van der Waals surface area contributed by atoms with Crippen molar-refractivity contribution in [3.63, 3.8) is 0 Å². The van der Waals surface area contributed by atoms with Crippen LogP contribution in [0.3, 0.4) is 0 Å². The second-order valence-electron chi connectivity index (χ2n) is 6.61. The van der Waals surface area contributed by atoms with Crippen LogP contribution in [0.5, 0.6) is 0 Å². The van der Waals surface area contributed by atoms with Gasteiger partial charge in [0.1, 0.15) is 16.7 Å². The van der Waals surface area contributed by atoms with Crippen LogP contribution in [-0.2, 0) is 21.4 Å². The number of carbonyl (C=O) groups is 1. The number of hydrogen-bond acceptors (Lipinski definition) is 5. The highest BCUT2D eigenvalue weighted by molar-refractivity contribution is 7.89. The van der Waals surface area contributed by atoms with Gasteiger partial charge in [-0.15, -0.1) is 0 Å². The molecule has 1 aromatic heterocycles. The first kappa shape index (κ1) is 22.3. The number of sulfonamides is 1. The van der Waals surface area contributed by atoms with E-state index in [0.717, 1.165) is 9.99 Å². The maximum atomic E-state index is 12.5. The molecule has 0 N–H and O–H groups in total. The molecular formula is C20H19Cl2N3O4S. The smallest absolute Gasteiger partial charge is 0.338 e. The van der Waals surface area contributed by atoms with Gasteiger partial charge in [0.15, 0.2) is 0 Å². The van der Waals surface area contributed by atoms with E-state index in [-0.39, 0.29) is 22.1 Å². The zero-order valence-corrected chi connectivity index (χ0v) is 18.8. The van der Waals surface area contributed by atoms with E-state index in [4.69, 9.17) is 27.9 Å². The highest BCUT2D eigenvalue weighted by Crippen LogP contribution is 2.27. The van der Waals surface area contributed by atoms with Gasteiger partial charge in [-0.05, 0) is 37.3 Å². The summed E-state index contributed by atoms with van der Waals surface area (Å²) < 4.78 is 32.7. The van der Waals surface area contributed by atoms with E-state index < -0.39 is 16.0 Å². The Labute approximate surface area is 184 Å². The van der Waals surface area contributed by atoms with Crippen molar-refractivity contribution in [3.8, 4) is 5.69 Å².